The molecule has 4 rings (SSSR count). The molecule has 1 amide bonds. The summed E-state index contributed by atoms with van der Waals surface area (Å²) in [4.78, 5) is 37.5. The van der Waals surface area contributed by atoms with Gasteiger partial charge in [0.1, 0.15) is 17.3 Å². The van der Waals surface area contributed by atoms with Crippen LogP contribution in [0, 0.1) is 5.82 Å². The molecular weight excluding hydrogens is 619 g/mol. The molecule has 0 unspecified atom stereocenters. The molecule has 1 aromatic heterocycles. The summed E-state index contributed by atoms with van der Waals surface area (Å²) in [6, 6.07) is 19.9. The number of aliphatic hydroxyl groups excluding tert-OH is 2. The first kappa shape index (κ1) is 35.8. The molecular formula is C37H41FN2O8. The second kappa shape index (κ2) is 16.2. The molecule has 4 N–H and O–H groups in total. The van der Waals surface area contributed by atoms with Gasteiger partial charge in [-0.3, -0.25) is 9.59 Å². The maximum Gasteiger partial charge on any atom is 0.337 e. The third-order valence-corrected chi connectivity index (χ3v) is 8.05. The second-order valence-electron chi connectivity index (χ2n) is 11.8. The first-order chi connectivity index (χ1) is 22.9. The van der Waals surface area contributed by atoms with Gasteiger partial charge in [0.2, 0.25) is 0 Å². The highest BCUT2D eigenvalue weighted by molar-refractivity contribution is 6.05. The Balaban J connectivity index is 1.83. The number of nitrogens with one attached hydrogen (secondary N) is 1. The number of benzene rings is 3. The maximum absolute atomic E-state index is 14.4. The van der Waals surface area contributed by atoms with Gasteiger partial charge < -0.3 is 34.7 Å². The average molecular weight is 661 g/mol. The third-order valence-electron chi connectivity index (χ3n) is 8.05. The molecule has 11 heteroatoms. The smallest absolute Gasteiger partial charge is 0.337 e. The third kappa shape index (κ3) is 8.47. The number of aliphatic hydroxyl groups is 2. The lowest BCUT2D eigenvalue weighted by molar-refractivity contribution is -0.139. The highest BCUT2D eigenvalue weighted by Crippen LogP contribution is 2.42. The summed E-state index contributed by atoms with van der Waals surface area (Å²) in [7, 11) is 2.75. The molecule has 0 aliphatic heterocycles. The molecule has 2 atom stereocenters. The summed E-state index contributed by atoms with van der Waals surface area (Å²) in [6.45, 7) is 3.94. The van der Waals surface area contributed by atoms with Crippen LogP contribution in [0.1, 0.15) is 71.3 Å². The lowest BCUT2D eigenvalue weighted by Crippen LogP contribution is -2.27. The summed E-state index contributed by atoms with van der Waals surface area (Å²) in [5.74, 6) is -2.10. The fourth-order valence-corrected chi connectivity index (χ4v) is 5.90. The summed E-state index contributed by atoms with van der Waals surface area (Å²) in [5, 5.41) is 33.0. The lowest BCUT2D eigenvalue weighted by Gasteiger charge is -2.20. The summed E-state index contributed by atoms with van der Waals surface area (Å²) in [6.07, 6.45) is -2.42. The molecule has 0 saturated carbocycles. The van der Waals surface area contributed by atoms with Crippen LogP contribution in [-0.2, 0) is 22.5 Å². The van der Waals surface area contributed by atoms with Crippen molar-refractivity contribution in [2.24, 2.45) is 0 Å². The predicted molar refractivity (Wildman–Crippen MR) is 178 cm³/mol. The van der Waals surface area contributed by atoms with Crippen LogP contribution in [0.15, 0.2) is 72.8 Å². The van der Waals surface area contributed by atoms with Crippen molar-refractivity contribution in [3.05, 3.63) is 101 Å². The van der Waals surface area contributed by atoms with Crippen LogP contribution in [0.3, 0.4) is 0 Å². The van der Waals surface area contributed by atoms with Crippen molar-refractivity contribution in [3.8, 4) is 28.0 Å². The number of esters is 1. The van der Waals surface area contributed by atoms with Crippen LogP contribution in [0.25, 0.3) is 22.3 Å². The van der Waals surface area contributed by atoms with Gasteiger partial charge in [0.25, 0.3) is 5.91 Å². The number of carboxylic acid groups (broad SMARTS) is 1. The van der Waals surface area contributed by atoms with E-state index in [0.717, 1.165) is 5.56 Å². The zero-order chi connectivity index (χ0) is 35.0. The van der Waals surface area contributed by atoms with E-state index in [9.17, 15) is 29.0 Å². The Kier molecular flexibility index (Phi) is 12.1. The second-order valence-corrected chi connectivity index (χ2v) is 11.8. The zero-order valence-corrected chi connectivity index (χ0v) is 27.4. The van der Waals surface area contributed by atoms with E-state index in [1.807, 2.05) is 48.7 Å². The number of aromatic nitrogens is 1. The number of methoxy groups -OCH3 is 2. The number of ether oxygens (including phenoxy) is 2. The summed E-state index contributed by atoms with van der Waals surface area (Å²) < 4.78 is 26.4. The van der Waals surface area contributed by atoms with Gasteiger partial charge in [-0.05, 0) is 68.5 Å². The van der Waals surface area contributed by atoms with Crippen molar-refractivity contribution in [3.63, 3.8) is 0 Å². The Morgan fingerprint density at radius 3 is 2.17 bits per heavy atom. The first-order valence-electron chi connectivity index (χ1n) is 15.6. The van der Waals surface area contributed by atoms with Gasteiger partial charge in [-0.1, -0.05) is 48.5 Å². The predicted octanol–water partition coefficient (Wildman–Crippen LogP) is 5.79. The quantitative estimate of drug-likeness (QED) is 0.117. The number of halogens is 1. The fourth-order valence-electron chi connectivity index (χ4n) is 5.90. The van der Waals surface area contributed by atoms with E-state index >= 15 is 0 Å². The van der Waals surface area contributed by atoms with Gasteiger partial charge in [-0.25, -0.2) is 9.18 Å². The minimum absolute atomic E-state index is 0.0718. The van der Waals surface area contributed by atoms with Gasteiger partial charge in [0.15, 0.2) is 0 Å². The minimum atomic E-state index is -1.22. The molecule has 0 aliphatic carbocycles. The van der Waals surface area contributed by atoms with Crippen LogP contribution < -0.4 is 10.1 Å². The Morgan fingerprint density at radius 1 is 0.896 bits per heavy atom. The number of hydrogen-bond acceptors (Lipinski definition) is 7. The van der Waals surface area contributed by atoms with E-state index in [2.05, 4.69) is 5.32 Å². The van der Waals surface area contributed by atoms with Crippen molar-refractivity contribution in [1.29, 1.82) is 0 Å². The molecule has 0 spiro atoms. The minimum Gasteiger partial charge on any atom is -0.496 e. The van der Waals surface area contributed by atoms with Crippen molar-refractivity contribution < 1.29 is 43.6 Å². The summed E-state index contributed by atoms with van der Waals surface area (Å²) in [5.41, 5.74) is 4.73. The zero-order valence-electron chi connectivity index (χ0n) is 27.4. The number of amides is 1. The Labute approximate surface area is 278 Å². The number of carbonyl (C=O) groups excluding carboxylic acids is 2. The van der Waals surface area contributed by atoms with Crippen molar-refractivity contribution in [2.45, 2.75) is 64.3 Å². The molecule has 1 heterocycles. The summed E-state index contributed by atoms with van der Waals surface area (Å²) >= 11 is 0. The molecule has 10 nitrogen and oxygen atoms in total. The Bertz CT molecular complexity index is 1730. The lowest BCUT2D eigenvalue weighted by atomic mass is 9.92. The Morgan fingerprint density at radius 2 is 1.56 bits per heavy atom. The van der Waals surface area contributed by atoms with Crippen LogP contribution in [0.2, 0.25) is 0 Å². The molecule has 4 aromatic rings. The number of hydrogen-bond donors (Lipinski definition) is 4. The number of carboxylic acids is 1. The van der Waals surface area contributed by atoms with E-state index in [0.29, 0.717) is 45.0 Å². The van der Waals surface area contributed by atoms with E-state index < -0.39 is 42.3 Å². The molecule has 3 aromatic carbocycles. The van der Waals surface area contributed by atoms with Gasteiger partial charge in [0.05, 0.1) is 38.4 Å². The van der Waals surface area contributed by atoms with E-state index in [1.165, 1.54) is 26.4 Å². The topological polar surface area (TPSA) is 147 Å². The molecule has 0 bridgehead atoms. The number of carbonyl (C=O) groups is 3. The van der Waals surface area contributed by atoms with Gasteiger partial charge in [0, 0.05) is 35.0 Å². The highest BCUT2D eigenvalue weighted by Gasteiger charge is 2.30. The van der Waals surface area contributed by atoms with Gasteiger partial charge in [-0.2, -0.15) is 0 Å². The molecule has 254 valence electrons. The molecule has 0 saturated heterocycles. The van der Waals surface area contributed by atoms with Crippen LogP contribution >= 0.6 is 0 Å². The number of rotatable bonds is 15. The molecule has 0 radical (unpaired) electrons. The van der Waals surface area contributed by atoms with E-state index in [-0.39, 0.29) is 31.8 Å². The maximum atomic E-state index is 14.4. The number of nitrogens with zero attached hydrogens (tertiary/aromatic N) is 1. The fraction of sp³-hybridized carbons (Fsp3) is 0.324. The average Bonchev–Trinajstić information content (AvgIpc) is 3.41. The van der Waals surface area contributed by atoms with Gasteiger partial charge >= 0.3 is 11.9 Å². The monoisotopic (exact) mass is 660 g/mol. The van der Waals surface area contributed by atoms with E-state index in [4.69, 9.17) is 14.6 Å². The molecule has 0 fully saturated rings. The normalized spacial score (nSPS) is 12.4. The largest absolute Gasteiger partial charge is 0.496 e. The van der Waals surface area contributed by atoms with Crippen LogP contribution in [0.5, 0.6) is 5.75 Å². The molecule has 48 heavy (non-hydrogen) atoms. The SMILES string of the molecule is COC(=O)c1ccc(CNC(=O)c2c(-c3ccccc3)c(-c3ccc(F)cc3)c(CC[C@@H](O)C[C@@H](O)CC(=O)O)n2C(C)C)c(OC)c1. The van der Waals surface area contributed by atoms with E-state index in [1.54, 1.807) is 30.3 Å². The Hall–Kier alpha value is -5.00. The van der Waals surface area contributed by atoms with Crippen LogP contribution in [-0.4, -0.2) is 64.2 Å². The van der Waals surface area contributed by atoms with Crippen molar-refractivity contribution in [1.82, 2.24) is 9.88 Å². The standard InChI is InChI=1S/C37H41FN2O8/c1-22(2)40-30(17-16-28(41)19-29(42)20-32(43)44)33(24-12-14-27(38)15-13-24)34(23-8-6-5-7-9-23)35(40)36(45)39-21-26-11-10-25(37(46)48-4)18-31(26)47-3/h5-15,18,22,28-29,41-42H,16-17,19-21H2,1-4H3,(H,39,45)(H,43,44)/t28-,29-/m1/s1. The van der Waals surface area contributed by atoms with Crippen molar-refractivity contribution >= 4 is 17.8 Å². The first-order valence-corrected chi connectivity index (χ1v) is 15.6. The van der Waals surface area contributed by atoms with Crippen molar-refractivity contribution in [2.75, 3.05) is 14.2 Å². The van der Waals surface area contributed by atoms with Crippen LogP contribution in [0.4, 0.5) is 4.39 Å². The van der Waals surface area contributed by atoms with Gasteiger partial charge in [-0.15, -0.1) is 0 Å². The number of aliphatic carboxylic acids is 1. The highest BCUT2D eigenvalue weighted by atomic mass is 19.1. The molecule has 0 aliphatic rings.